The molecule has 0 atom stereocenters. The highest BCUT2D eigenvalue weighted by atomic mass is 35.5. The summed E-state index contributed by atoms with van der Waals surface area (Å²) in [6.07, 6.45) is 2.73. The fourth-order valence-corrected chi connectivity index (χ4v) is 5.19. The number of H-pyrrole nitrogens is 1. The van der Waals surface area contributed by atoms with Crippen molar-refractivity contribution in [1.29, 1.82) is 5.26 Å². The number of carbonyl (C=O) groups is 2. The molecule has 2 amide bonds. The second-order valence-electron chi connectivity index (χ2n) is 11.7. The number of aromatic nitrogens is 6. The van der Waals surface area contributed by atoms with Gasteiger partial charge in [-0.05, 0) is 89.1 Å². The molecule has 0 saturated carbocycles. The Morgan fingerprint density at radius 2 is 1.14 bits per heavy atom. The predicted octanol–water partition coefficient (Wildman–Crippen LogP) is 8.24. The Bertz CT molecular complexity index is 2500. The van der Waals surface area contributed by atoms with Gasteiger partial charge in [-0.15, -0.1) is 10.2 Å². The Morgan fingerprint density at radius 3 is 1.56 bits per heavy atom. The molecule has 0 fully saturated rings. The van der Waals surface area contributed by atoms with Gasteiger partial charge in [-0.2, -0.15) is 10.5 Å². The van der Waals surface area contributed by atoms with Gasteiger partial charge in [-0.1, -0.05) is 59.6 Å². The number of pyridine rings is 2. The lowest BCUT2D eigenvalue weighted by atomic mass is 10.1. The first-order valence-corrected chi connectivity index (χ1v) is 17.4. The van der Waals surface area contributed by atoms with Crippen molar-refractivity contribution in [2.75, 3.05) is 0 Å². The summed E-state index contributed by atoms with van der Waals surface area (Å²) in [5.41, 5.74) is 3.35. The predicted molar refractivity (Wildman–Crippen MR) is 205 cm³/mol. The second-order valence-corrected chi connectivity index (χ2v) is 12.6. The molecule has 4 aromatic carbocycles. The van der Waals surface area contributed by atoms with Gasteiger partial charge in [-0.25, -0.2) is 18.7 Å². The number of benzene rings is 4. The second kappa shape index (κ2) is 18.8. The number of nitrogens with zero attached hydrogens (tertiary/aromatic N) is 6. The van der Waals surface area contributed by atoms with E-state index in [1.165, 1.54) is 73.1 Å². The minimum atomic E-state index is -0.425. The fraction of sp³-hybridized carbons (Fsp3) is 0.0500. The molecule has 0 spiro atoms. The first-order valence-electron chi connectivity index (χ1n) is 16.7. The summed E-state index contributed by atoms with van der Waals surface area (Å²) in [6.45, 7) is 0.529. The zero-order valence-electron chi connectivity index (χ0n) is 29.3. The Balaban J connectivity index is 0.000000194. The van der Waals surface area contributed by atoms with Gasteiger partial charge in [0.15, 0.2) is 0 Å². The van der Waals surface area contributed by atoms with Gasteiger partial charge in [0.1, 0.15) is 34.3 Å². The Hall–Kier alpha value is -7.28. The lowest BCUT2D eigenvalue weighted by Crippen LogP contribution is -2.23. The molecule has 3 N–H and O–H groups in total. The van der Waals surface area contributed by atoms with E-state index in [9.17, 15) is 18.4 Å². The van der Waals surface area contributed by atoms with Crippen LogP contribution in [0.15, 0.2) is 122 Å². The average molecular weight is 807 g/mol. The molecule has 0 saturated heterocycles. The molecular formula is C40H27Cl2F2N9O4. The number of hydrogen-bond donors (Lipinski definition) is 3. The number of nitrogens with one attached hydrogen (secondary N) is 3. The number of ether oxygens (including phenoxy) is 2. The highest BCUT2D eigenvalue weighted by Crippen LogP contribution is 2.27. The van der Waals surface area contributed by atoms with Gasteiger partial charge in [0, 0.05) is 31.0 Å². The molecule has 57 heavy (non-hydrogen) atoms. The Morgan fingerprint density at radius 1 is 0.684 bits per heavy atom. The van der Waals surface area contributed by atoms with E-state index in [2.05, 4.69) is 41.2 Å². The average Bonchev–Trinajstić information content (AvgIpc) is 3.78. The highest BCUT2D eigenvalue weighted by molar-refractivity contribution is 6.31. The molecule has 0 aliphatic carbocycles. The smallest absolute Gasteiger partial charge is 0.257 e. The number of tetrazole rings is 1. The third-order valence-electron chi connectivity index (χ3n) is 7.73. The van der Waals surface area contributed by atoms with Crippen LogP contribution in [0.5, 0.6) is 23.3 Å². The largest absolute Gasteiger partial charge is 0.438 e. The SMILES string of the molecule is N#Cc1ccc(CNC(=O)c2cc(Cl)cnc2Oc2ccc(F)cc2)cc1.O=C(NCc1ccc(-c2nn[nH]n2)cc1)c1cc(Cl)cnc1Oc1ccc(F)cc1. The van der Waals surface area contributed by atoms with Crippen molar-refractivity contribution in [3.05, 3.63) is 171 Å². The van der Waals surface area contributed by atoms with Gasteiger partial charge in [0.2, 0.25) is 17.6 Å². The van der Waals surface area contributed by atoms with Gasteiger partial charge in [0.05, 0.1) is 21.7 Å². The maximum atomic E-state index is 13.1. The van der Waals surface area contributed by atoms with Crippen molar-refractivity contribution >= 4 is 35.0 Å². The molecule has 17 heteroatoms. The van der Waals surface area contributed by atoms with Crippen molar-refractivity contribution < 1.29 is 27.8 Å². The standard InChI is InChI=1S/C20H14ClFN6O2.C20H13ClFN3O2/c21-14-9-17(20(24-11-14)30-16-7-5-15(22)6-8-16)19(29)23-10-12-1-3-13(4-2-12)18-25-27-28-26-18;21-15-9-18(19(26)24-11-14-3-1-13(10-23)2-4-14)20(25-12-15)27-17-7-5-16(22)6-8-17/h1-9,11H,10H2,(H,23,29)(H,25,26,27,28);1-9,12H,11H2,(H,24,26). The van der Waals surface area contributed by atoms with Crippen LogP contribution >= 0.6 is 23.2 Å². The van der Waals surface area contributed by atoms with Crippen molar-refractivity contribution in [3.63, 3.8) is 0 Å². The van der Waals surface area contributed by atoms with E-state index in [0.29, 0.717) is 22.9 Å². The molecule has 0 aliphatic rings. The van der Waals surface area contributed by atoms with Crippen molar-refractivity contribution in [3.8, 4) is 40.7 Å². The van der Waals surface area contributed by atoms with Crippen molar-refractivity contribution in [2.45, 2.75) is 13.1 Å². The number of nitriles is 1. The van der Waals surface area contributed by atoms with Crippen LogP contribution in [0.3, 0.4) is 0 Å². The quantitative estimate of drug-likeness (QED) is 0.115. The zero-order valence-corrected chi connectivity index (χ0v) is 30.8. The van der Waals surface area contributed by atoms with Crippen LogP contribution < -0.4 is 20.1 Å². The monoisotopic (exact) mass is 805 g/mol. The van der Waals surface area contributed by atoms with Crippen LogP contribution in [-0.2, 0) is 13.1 Å². The van der Waals surface area contributed by atoms with E-state index in [-0.39, 0.29) is 46.0 Å². The third-order valence-corrected chi connectivity index (χ3v) is 8.14. The van der Waals surface area contributed by atoms with Gasteiger partial charge in [-0.3, -0.25) is 9.59 Å². The lowest BCUT2D eigenvalue weighted by Gasteiger charge is -2.11. The summed E-state index contributed by atoms with van der Waals surface area (Å²) < 4.78 is 37.3. The van der Waals surface area contributed by atoms with E-state index in [1.54, 1.807) is 24.3 Å². The molecule has 0 unspecified atom stereocenters. The van der Waals surface area contributed by atoms with Gasteiger partial charge < -0.3 is 20.1 Å². The number of rotatable bonds is 11. The molecule has 0 radical (unpaired) electrons. The third kappa shape index (κ3) is 11.1. The molecule has 3 heterocycles. The topological polar surface area (TPSA) is 181 Å². The van der Waals surface area contributed by atoms with Crippen molar-refractivity contribution in [2.24, 2.45) is 0 Å². The number of carbonyl (C=O) groups excluding carboxylic acids is 2. The number of halogens is 4. The maximum Gasteiger partial charge on any atom is 0.257 e. The number of hydrogen-bond acceptors (Lipinski definition) is 10. The minimum Gasteiger partial charge on any atom is -0.438 e. The van der Waals surface area contributed by atoms with E-state index in [1.807, 2.05) is 30.3 Å². The summed E-state index contributed by atoms with van der Waals surface area (Å²) in [5, 5.41) is 28.7. The highest BCUT2D eigenvalue weighted by Gasteiger charge is 2.18. The van der Waals surface area contributed by atoms with Crippen LogP contribution in [0.25, 0.3) is 11.4 Å². The summed E-state index contributed by atoms with van der Waals surface area (Å²) >= 11 is 12.0. The maximum absolute atomic E-state index is 13.1. The summed E-state index contributed by atoms with van der Waals surface area (Å²) in [4.78, 5) is 33.4. The van der Waals surface area contributed by atoms with E-state index < -0.39 is 23.4 Å². The molecule has 0 bridgehead atoms. The van der Waals surface area contributed by atoms with Crippen molar-refractivity contribution in [1.82, 2.24) is 41.2 Å². The van der Waals surface area contributed by atoms with E-state index >= 15 is 0 Å². The summed E-state index contributed by atoms with van der Waals surface area (Å²) in [6, 6.07) is 29.9. The van der Waals surface area contributed by atoms with Crippen LogP contribution in [0.4, 0.5) is 8.78 Å². The van der Waals surface area contributed by atoms with Crippen LogP contribution in [-0.4, -0.2) is 42.4 Å². The first-order chi connectivity index (χ1) is 27.6. The summed E-state index contributed by atoms with van der Waals surface area (Å²) in [5.74, 6) is -0.334. The number of aromatic amines is 1. The van der Waals surface area contributed by atoms with Crippen LogP contribution in [0.1, 0.15) is 37.4 Å². The van der Waals surface area contributed by atoms with Gasteiger partial charge in [0.25, 0.3) is 11.8 Å². The summed E-state index contributed by atoms with van der Waals surface area (Å²) in [7, 11) is 0. The Kier molecular flexibility index (Phi) is 13.0. The molecule has 13 nitrogen and oxygen atoms in total. The van der Waals surface area contributed by atoms with E-state index in [4.69, 9.17) is 37.9 Å². The zero-order chi connectivity index (χ0) is 40.1. The molecule has 7 rings (SSSR count). The molecule has 284 valence electrons. The first kappa shape index (κ1) is 39.4. The molecule has 0 aliphatic heterocycles. The fourth-order valence-electron chi connectivity index (χ4n) is 4.88. The van der Waals surface area contributed by atoms with E-state index in [0.717, 1.165) is 16.7 Å². The lowest BCUT2D eigenvalue weighted by molar-refractivity contribution is 0.0939. The molecule has 7 aromatic rings. The minimum absolute atomic E-state index is 0.0586. The van der Waals surface area contributed by atoms with Crippen LogP contribution in [0, 0.1) is 23.0 Å². The number of amides is 2. The molecule has 3 aromatic heterocycles. The van der Waals surface area contributed by atoms with Crippen LogP contribution in [0.2, 0.25) is 10.0 Å². The normalized spacial score (nSPS) is 10.4. The van der Waals surface area contributed by atoms with Gasteiger partial charge >= 0.3 is 0 Å². The molecular weight excluding hydrogens is 779 g/mol. The Labute approximate surface area is 333 Å².